The smallest absolute Gasteiger partial charge is 0.272 e. The Balaban J connectivity index is 2.04. The number of amides is 2. The summed E-state index contributed by atoms with van der Waals surface area (Å²) >= 11 is 0. The van der Waals surface area contributed by atoms with Gasteiger partial charge in [0, 0.05) is 20.1 Å². The van der Waals surface area contributed by atoms with Gasteiger partial charge in [0.05, 0.1) is 14.2 Å². The molecule has 0 aliphatic carbocycles. The summed E-state index contributed by atoms with van der Waals surface area (Å²) in [5.41, 5.74) is 1.32. The molecule has 0 spiro atoms. The maximum absolute atomic E-state index is 12.5. The minimum Gasteiger partial charge on any atom is -0.493 e. The van der Waals surface area contributed by atoms with Gasteiger partial charge in [0.25, 0.3) is 11.8 Å². The molecular weight excluding hydrogens is 358 g/mol. The van der Waals surface area contributed by atoms with Crippen LogP contribution in [0.4, 0.5) is 0 Å². The molecule has 1 heterocycles. The van der Waals surface area contributed by atoms with Gasteiger partial charge in [-0.3, -0.25) is 9.59 Å². The maximum Gasteiger partial charge on any atom is 0.272 e. The first kappa shape index (κ1) is 21.2. The molecule has 2 rings (SSSR count). The molecule has 0 fully saturated rings. The van der Waals surface area contributed by atoms with Crippen LogP contribution in [0.5, 0.6) is 11.5 Å². The molecule has 7 nitrogen and oxygen atoms in total. The van der Waals surface area contributed by atoms with E-state index in [1.807, 2.05) is 6.07 Å². The van der Waals surface area contributed by atoms with Crippen molar-refractivity contribution in [2.75, 3.05) is 27.8 Å². The van der Waals surface area contributed by atoms with Crippen LogP contribution in [0.2, 0.25) is 0 Å². The van der Waals surface area contributed by atoms with E-state index in [0.717, 1.165) is 18.4 Å². The van der Waals surface area contributed by atoms with E-state index in [0.29, 0.717) is 24.6 Å². The molecule has 0 unspecified atom stereocenters. The number of rotatable bonds is 9. The number of nitrogens with zero attached hydrogens (tertiary/aromatic N) is 2. The Kier molecular flexibility index (Phi) is 7.80. The number of hydrogen-bond donors (Lipinski definition) is 1. The zero-order chi connectivity index (χ0) is 20.5. The minimum atomic E-state index is -0.347. The molecule has 2 amide bonds. The number of methoxy groups -OCH3 is 2. The number of carbonyl (C=O) groups excluding carboxylic acids is 2. The Bertz CT molecular complexity index is 823. The molecule has 0 saturated carbocycles. The molecule has 0 aliphatic heterocycles. The summed E-state index contributed by atoms with van der Waals surface area (Å²) in [7, 11) is 4.87. The van der Waals surface area contributed by atoms with E-state index in [9.17, 15) is 9.59 Å². The molecule has 150 valence electrons. The van der Waals surface area contributed by atoms with Gasteiger partial charge >= 0.3 is 0 Å². The van der Waals surface area contributed by atoms with Gasteiger partial charge in [-0.15, -0.1) is 0 Å². The maximum atomic E-state index is 12.5. The highest BCUT2D eigenvalue weighted by molar-refractivity contribution is 5.96. The third-order valence-electron chi connectivity index (χ3n) is 4.30. The minimum absolute atomic E-state index is 0.192. The van der Waals surface area contributed by atoms with E-state index < -0.39 is 0 Å². The summed E-state index contributed by atoms with van der Waals surface area (Å²) in [5.74, 6) is 0.677. The van der Waals surface area contributed by atoms with Crippen molar-refractivity contribution in [3.8, 4) is 11.5 Å². The second kappa shape index (κ2) is 10.3. The van der Waals surface area contributed by atoms with Crippen molar-refractivity contribution >= 4 is 11.8 Å². The van der Waals surface area contributed by atoms with Crippen LogP contribution in [0.25, 0.3) is 0 Å². The van der Waals surface area contributed by atoms with Gasteiger partial charge in [0.1, 0.15) is 11.4 Å². The highest BCUT2D eigenvalue weighted by Crippen LogP contribution is 2.27. The first-order valence-corrected chi connectivity index (χ1v) is 9.21. The molecule has 0 saturated heterocycles. The fraction of sp³-hybridized carbons (Fsp3) is 0.381. The predicted molar refractivity (Wildman–Crippen MR) is 107 cm³/mol. The van der Waals surface area contributed by atoms with E-state index in [4.69, 9.17) is 9.47 Å². The largest absolute Gasteiger partial charge is 0.493 e. The summed E-state index contributed by atoms with van der Waals surface area (Å²) in [4.78, 5) is 30.7. The molecule has 1 aromatic heterocycles. The summed E-state index contributed by atoms with van der Waals surface area (Å²) in [6, 6.07) is 10.3. The molecule has 0 bridgehead atoms. The summed E-state index contributed by atoms with van der Waals surface area (Å²) in [6.07, 6.45) is 1.93. The average Bonchev–Trinajstić information content (AvgIpc) is 2.74. The van der Waals surface area contributed by atoms with E-state index in [-0.39, 0.29) is 23.2 Å². The summed E-state index contributed by atoms with van der Waals surface area (Å²) in [6.45, 7) is 3.03. The van der Waals surface area contributed by atoms with Crippen LogP contribution >= 0.6 is 0 Å². The number of benzene rings is 1. The Morgan fingerprint density at radius 3 is 2.46 bits per heavy atom. The number of aromatic nitrogens is 1. The first-order chi connectivity index (χ1) is 13.5. The van der Waals surface area contributed by atoms with Crippen molar-refractivity contribution in [1.82, 2.24) is 15.2 Å². The van der Waals surface area contributed by atoms with Crippen LogP contribution in [-0.4, -0.2) is 49.5 Å². The van der Waals surface area contributed by atoms with E-state index in [1.54, 1.807) is 56.5 Å². The number of carbonyl (C=O) groups is 2. The van der Waals surface area contributed by atoms with Crippen LogP contribution in [-0.2, 0) is 6.54 Å². The van der Waals surface area contributed by atoms with Crippen LogP contribution in [0.1, 0.15) is 46.3 Å². The van der Waals surface area contributed by atoms with Crippen molar-refractivity contribution in [3.05, 3.63) is 53.3 Å². The Morgan fingerprint density at radius 2 is 1.79 bits per heavy atom. The van der Waals surface area contributed by atoms with E-state index in [1.165, 1.54) is 0 Å². The Labute approximate surface area is 165 Å². The van der Waals surface area contributed by atoms with Gasteiger partial charge in [-0.2, -0.15) is 0 Å². The standard InChI is InChI=1S/C21H27N3O4/c1-5-6-12-24(2)21(26)17-9-7-8-16(23-17)20(25)22-14-15-10-11-18(27-3)19(13-15)28-4/h7-11,13H,5-6,12,14H2,1-4H3,(H,22,25). The molecule has 28 heavy (non-hydrogen) atoms. The van der Waals surface area contributed by atoms with E-state index >= 15 is 0 Å². The van der Waals surface area contributed by atoms with Crippen molar-refractivity contribution in [2.45, 2.75) is 26.3 Å². The average molecular weight is 385 g/mol. The number of hydrogen-bond acceptors (Lipinski definition) is 5. The van der Waals surface area contributed by atoms with Gasteiger partial charge in [0.15, 0.2) is 11.5 Å². The van der Waals surface area contributed by atoms with Gasteiger partial charge in [-0.05, 0) is 36.2 Å². The molecule has 0 aliphatic rings. The number of unbranched alkanes of at least 4 members (excludes halogenated alkanes) is 1. The lowest BCUT2D eigenvalue weighted by molar-refractivity contribution is 0.0787. The number of pyridine rings is 1. The third-order valence-corrected chi connectivity index (χ3v) is 4.30. The van der Waals surface area contributed by atoms with Crippen molar-refractivity contribution in [3.63, 3.8) is 0 Å². The summed E-state index contributed by atoms with van der Waals surface area (Å²) < 4.78 is 10.5. The van der Waals surface area contributed by atoms with Crippen molar-refractivity contribution in [1.29, 1.82) is 0 Å². The van der Waals surface area contributed by atoms with Gasteiger partial charge < -0.3 is 19.7 Å². The molecule has 7 heteroatoms. The molecule has 0 radical (unpaired) electrons. The first-order valence-electron chi connectivity index (χ1n) is 9.21. The molecule has 1 N–H and O–H groups in total. The number of ether oxygens (including phenoxy) is 2. The fourth-order valence-electron chi connectivity index (χ4n) is 2.64. The summed E-state index contributed by atoms with van der Waals surface area (Å²) in [5, 5.41) is 2.81. The van der Waals surface area contributed by atoms with Gasteiger partial charge in [-0.25, -0.2) is 4.98 Å². The Morgan fingerprint density at radius 1 is 1.07 bits per heavy atom. The normalized spacial score (nSPS) is 10.3. The van der Waals surface area contributed by atoms with Gasteiger partial charge in [0.2, 0.25) is 0 Å². The second-order valence-electron chi connectivity index (χ2n) is 6.36. The third kappa shape index (κ3) is 5.45. The quantitative estimate of drug-likeness (QED) is 0.718. The van der Waals surface area contributed by atoms with Crippen LogP contribution < -0.4 is 14.8 Å². The zero-order valence-electron chi connectivity index (χ0n) is 16.8. The van der Waals surface area contributed by atoms with E-state index in [2.05, 4.69) is 17.2 Å². The molecule has 1 aromatic carbocycles. The lowest BCUT2D eigenvalue weighted by atomic mass is 10.2. The highest BCUT2D eigenvalue weighted by Gasteiger charge is 2.15. The SMILES string of the molecule is CCCCN(C)C(=O)c1cccc(C(=O)NCc2ccc(OC)c(OC)c2)n1. The Hall–Kier alpha value is -3.09. The molecular formula is C21H27N3O4. The van der Waals surface area contributed by atoms with Crippen LogP contribution in [0, 0.1) is 0 Å². The van der Waals surface area contributed by atoms with Crippen LogP contribution in [0.15, 0.2) is 36.4 Å². The monoisotopic (exact) mass is 385 g/mol. The lowest BCUT2D eigenvalue weighted by Crippen LogP contribution is -2.30. The zero-order valence-corrected chi connectivity index (χ0v) is 16.8. The number of nitrogens with one attached hydrogen (secondary N) is 1. The van der Waals surface area contributed by atoms with Crippen LogP contribution in [0.3, 0.4) is 0 Å². The second-order valence-corrected chi connectivity index (χ2v) is 6.36. The van der Waals surface area contributed by atoms with Gasteiger partial charge in [-0.1, -0.05) is 25.5 Å². The highest BCUT2D eigenvalue weighted by atomic mass is 16.5. The molecule has 2 aromatic rings. The van der Waals surface area contributed by atoms with Crippen molar-refractivity contribution < 1.29 is 19.1 Å². The fourth-order valence-corrected chi connectivity index (χ4v) is 2.64. The lowest BCUT2D eigenvalue weighted by Gasteiger charge is -2.16. The molecule has 0 atom stereocenters. The predicted octanol–water partition coefficient (Wildman–Crippen LogP) is 2.90. The van der Waals surface area contributed by atoms with Crippen molar-refractivity contribution in [2.24, 2.45) is 0 Å². The topological polar surface area (TPSA) is 80.8 Å².